The molecule has 2 atom stereocenters. The highest BCUT2D eigenvalue weighted by molar-refractivity contribution is 6.08. The second kappa shape index (κ2) is 11.1. The molecule has 0 radical (unpaired) electrons. The predicted octanol–water partition coefficient (Wildman–Crippen LogP) is 7.04. The number of aromatic nitrogens is 1. The molecule has 7 nitrogen and oxygen atoms in total. The minimum absolute atomic E-state index is 0.0601. The minimum atomic E-state index is 0.0601. The normalized spacial score (nSPS) is 20.0. The molecule has 0 bridgehead atoms. The summed E-state index contributed by atoms with van der Waals surface area (Å²) in [7, 11) is 0. The van der Waals surface area contributed by atoms with Crippen LogP contribution >= 0.6 is 0 Å². The second-order valence-electron chi connectivity index (χ2n) is 11.8. The molecular weight excluding hydrogens is 534 g/mol. The summed E-state index contributed by atoms with van der Waals surface area (Å²) in [5.74, 6) is 2.05. The third kappa shape index (κ3) is 4.76. The van der Waals surface area contributed by atoms with Crippen molar-refractivity contribution in [3.63, 3.8) is 0 Å². The highest BCUT2D eigenvalue weighted by Gasteiger charge is 2.64. The molecule has 7 heteroatoms. The van der Waals surface area contributed by atoms with E-state index in [-0.39, 0.29) is 12.1 Å². The number of benzene rings is 3. The molecule has 3 aliphatic rings. The SMILES string of the molecule is CCOc1ccc(CC2=Nc3cc(C(=O)N(CC)CC)ccc3[N+]23CC3Nc2c3c(nc4ccccc24)CCCC3)cc1. The fourth-order valence-electron chi connectivity index (χ4n) is 7.01. The molecule has 2 aliphatic heterocycles. The quantitative estimate of drug-likeness (QED) is 0.172. The van der Waals surface area contributed by atoms with Crippen LogP contribution in [0.4, 0.5) is 17.1 Å². The number of ether oxygens (including phenoxy) is 1. The van der Waals surface area contributed by atoms with Gasteiger partial charge in [0.15, 0.2) is 12.2 Å². The van der Waals surface area contributed by atoms with E-state index >= 15 is 0 Å². The summed E-state index contributed by atoms with van der Waals surface area (Å²) in [4.78, 5) is 25.4. The van der Waals surface area contributed by atoms with Crippen molar-refractivity contribution in [2.45, 2.75) is 59.0 Å². The van der Waals surface area contributed by atoms with Crippen LogP contribution in [0.1, 0.15) is 60.8 Å². The lowest BCUT2D eigenvalue weighted by Crippen LogP contribution is -2.38. The standard InChI is InChI=1S/C36H40N5O2/c1-4-40(5-2)36(42)25-17-20-32-31(22-25)38-33(21-24-15-18-26(19-16-24)43-6-3)41(32)23-34(41)39-35-27-11-7-9-13-29(27)37-30-14-10-8-12-28(30)35/h7,9,11,13,15-20,22,34H,4-6,8,10,12,14,21,23H2,1-3H3,(H,37,39)/q+1. The van der Waals surface area contributed by atoms with E-state index in [0.717, 1.165) is 48.6 Å². The van der Waals surface area contributed by atoms with E-state index in [0.29, 0.717) is 29.7 Å². The van der Waals surface area contributed by atoms with E-state index < -0.39 is 0 Å². The first kappa shape index (κ1) is 27.6. The number of carbonyl (C=O) groups is 1. The summed E-state index contributed by atoms with van der Waals surface area (Å²) in [6.07, 6.45) is 5.38. The number of nitrogens with zero attached hydrogens (tertiary/aromatic N) is 4. The summed E-state index contributed by atoms with van der Waals surface area (Å²) in [5.41, 5.74) is 8.89. The van der Waals surface area contributed by atoms with E-state index in [1.165, 1.54) is 46.4 Å². The summed E-state index contributed by atoms with van der Waals surface area (Å²) in [5, 5.41) is 5.22. The van der Waals surface area contributed by atoms with Gasteiger partial charge < -0.3 is 15.0 Å². The van der Waals surface area contributed by atoms with Gasteiger partial charge in [0, 0.05) is 35.8 Å². The van der Waals surface area contributed by atoms with Gasteiger partial charge in [0.2, 0.25) is 12.0 Å². The molecule has 220 valence electrons. The summed E-state index contributed by atoms with van der Waals surface area (Å²) >= 11 is 0. The Morgan fingerprint density at radius 1 is 1.00 bits per heavy atom. The molecule has 3 aromatic carbocycles. The van der Waals surface area contributed by atoms with Crippen molar-refractivity contribution in [2.75, 3.05) is 31.6 Å². The van der Waals surface area contributed by atoms with Gasteiger partial charge in [-0.05, 0) is 87.9 Å². The largest absolute Gasteiger partial charge is 0.494 e. The highest BCUT2D eigenvalue weighted by Crippen LogP contribution is 2.51. The van der Waals surface area contributed by atoms with Gasteiger partial charge in [0.1, 0.15) is 11.4 Å². The molecule has 1 fully saturated rings. The Kier molecular flexibility index (Phi) is 7.14. The number of aryl methyl sites for hydroxylation is 1. The molecule has 1 amide bonds. The fraction of sp³-hybridized carbons (Fsp3) is 0.361. The molecular formula is C36H40N5O2+. The van der Waals surface area contributed by atoms with E-state index in [4.69, 9.17) is 14.7 Å². The number of anilines is 1. The van der Waals surface area contributed by atoms with Crippen molar-refractivity contribution in [2.24, 2.45) is 4.99 Å². The molecule has 2 unspecified atom stereocenters. The van der Waals surface area contributed by atoms with E-state index in [1.807, 2.05) is 49.9 Å². The van der Waals surface area contributed by atoms with E-state index in [9.17, 15) is 4.79 Å². The van der Waals surface area contributed by atoms with Crippen molar-refractivity contribution >= 4 is 39.7 Å². The molecule has 4 aromatic rings. The van der Waals surface area contributed by atoms with Crippen LogP contribution < -0.4 is 14.5 Å². The molecule has 1 aliphatic carbocycles. The maximum atomic E-state index is 13.3. The van der Waals surface area contributed by atoms with Crippen molar-refractivity contribution in [3.8, 4) is 5.75 Å². The zero-order valence-electron chi connectivity index (χ0n) is 25.4. The van der Waals surface area contributed by atoms with Gasteiger partial charge in [-0.3, -0.25) is 9.78 Å². The molecule has 3 heterocycles. The van der Waals surface area contributed by atoms with Crippen LogP contribution in [0.25, 0.3) is 10.9 Å². The predicted molar refractivity (Wildman–Crippen MR) is 175 cm³/mol. The number of aliphatic imine (C=N–C) groups is 1. The highest BCUT2D eigenvalue weighted by atomic mass is 16.5. The van der Waals surface area contributed by atoms with Crippen LogP contribution in [0.15, 0.2) is 71.7 Å². The Morgan fingerprint density at radius 3 is 2.58 bits per heavy atom. The number of hydrogen-bond acceptors (Lipinski definition) is 5. The number of amides is 1. The zero-order valence-corrected chi connectivity index (χ0v) is 25.4. The first-order valence-corrected chi connectivity index (χ1v) is 15.8. The number of nitrogens with one attached hydrogen (secondary N) is 1. The number of pyridine rings is 1. The number of hydrogen-bond donors (Lipinski definition) is 1. The maximum Gasteiger partial charge on any atom is 0.253 e. The Hall–Kier alpha value is -4.23. The lowest BCUT2D eigenvalue weighted by molar-refractivity contribution is 0.0773. The summed E-state index contributed by atoms with van der Waals surface area (Å²) in [6, 6.07) is 23.0. The maximum absolute atomic E-state index is 13.3. The fourth-order valence-corrected chi connectivity index (χ4v) is 7.01. The third-order valence-electron chi connectivity index (χ3n) is 9.35. The Balaban J connectivity index is 1.27. The van der Waals surface area contributed by atoms with Crippen LogP contribution in [0.5, 0.6) is 5.75 Å². The molecule has 1 N–H and O–H groups in total. The number of fused-ring (bicyclic) bond motifs is 4. The first-order chi connectivity index (χ1) is 21.0. The van der Waals surface area contributed by atoms with Gasteiger partial charge in [-0.15, -0.1) is 0 Å². The van der Waals surface area contributed by atoms with Crippen LogP contribution in [0.2, 0.25) is 0 Å². The smallest absolute Gasteiger partial charge is 0.253 e. The number of rotatable bonds is 9. The summed E-state index contributed by atoms with van der Waals surface area (Å²) in [6.45, 7) is 8.99. The minimum Gasteiger partial charge on any atom is -0.494 e. The van der Waals surface area contributed by atoms with Gasteiger partial charge in [0.05, 0.1) is 24.2 Å². The number of quaternary nitrogens is 1. The number of amidine groups is 1. The van der Waals surface area contributed by atoms with Crippen molar-refractivity contribution in [1.29, 1.82) is 0 Å². The zero-order chi connectivity index (χ0) is 29.6. The van der Waals surface area contributed by atoms with Crippen LogP contribution in [0.3, 0.4) is 0 Å². The number of carbonyl (C=O) groups excluding carboxylic acids is 1. The van der Waals surface area contributed by atoms with Gasteiger partial charge >= 0.3 is 0 Å². The molecule has 0 saturated carbocycles. The number of para-hydroxylation sites is 1. The molecule has 7 rings (SSSR count). The summed E-state index contributed by atoms with van der Waals surface area (Å²) < 4.78 is 6.36. The van der Waals surface area contributed by atoms with Gasteiger partial charge in [0.25, 0.3) is 5.91 Å². The third-order valence-corrected chi connectivity index (χ3v) is 9.35. The van der Waals surface area contributed by atoms with E-state index in [2.05, 4.69) is 47.8 Å². The topological polar surface area (TPSA) is 66.8 Å². The van der Waals surface area contributed by atoms with Crippen molar-refractivity contribution in [3.05, 3.63) is 89.1 Å². The average Bonchev–Trinajstić information content (AvgIpc) is 3.68. The Morgan fingerprint density at radius 2 is 1.79 bits per heavy atom. The first-order valence-electron chi connectivity index (χ1n) is 15.8. The average molecular weight is 575 g/mol. The lowest BCUT2D eigenvalue weighted by Gasteiger charge is -2.23. The molecule has 1 saturated heterocycles. The van der Waals surface area contributed by atoms with Gasteiger partial charge in [-0.25, -0.2) is 4.48 Å². The van der Waals surface area contributed by atoms with Crippen LogP contribution in [-0.2, 0) is 19.3 Å². The van der Waals surface area contributed by atoms with Gasteiger partial charge in [-0.2, -0.15) is 4.99 Å². The Labute approximate surface area is 253 Å². The monoisotopic (exact) mass is 574 g/mol. The Bertz CT molecular complexity index is 1730. The molecule has 43 heavy (non-hydrogen) atoms. The van der Waals surface area contributed by atoms with Crippen molar-refractivity contribution in [1.82, 2.24) is 14.4 Å². The molecule has 1 aromatic heterocycles. The van der Waals surface area contributed by atoms with Crippen molar-refractivity contribution < 1.29 is 9.53 Å². The lowest BCUT2D eigenvalue weighted by atomic mass is 9.92. The second-order valence-corrected chi connectivity index (χ2v) is 11.8. The molecule has 1 spiro atoms. The van der Waals surface area contributed by atoms with Crippen LogP contribution in [-0.4, -0.2) is 54.0 Å². The van der Waals surface area contributed by atoms with E-state index in [1.54, 1.807) is 0 Å². The van der Waals surface area contributed by atoms with Crippen LogP contribution in [0, 0.1) is 0 Å². The van der Waals surface area contributed by atoms with Gasteiger partial charge in [-0.1, -0.05) is 30.3 Å².